The van der Waals surface area contributed by atoms with Crippen LogP contribution in [0.5, 0.6) is 5.75 Å². The number of aromatic nitrogens is 2. The molecule has 0 saturated heterocycles. The lowest BCUT2D eigenvalue weighted by atomic mass is 10.2. The molecule has 3 rings (SSSR count). The second-order valence-electron chi connectivity index (χ2n) is 4.60. The summed E-state index contributed by atoms with van der Waals surface area (Å²) in [5, 5.41) is 7.61. The van der Waals surface area contributed by atoms with E-state index in [0.29, 0.717) is 27.9 Å². The molecular formula is C15H12ClN3O3. The third-order valence-corrected chi connectivity index (χ3v) is 3.26. The van der Waals surface area contributed by atoms with Gasteiger partial charge in [0.05, 0.1) is 5.02 Å². The van der Waals surface area contributed by atoms with Crippen LogP contribution in [0.3, 0.4) is 0 Å². The highest BCUT2D eigenvalue weighted by Gasteiger charge is 2.10. The Labute approximate surface area is 131 Å². The number of halogens is 1. The molecule has 0 aliphatic heterocycles. The van der Waals surface area contributed by atoms with E-state index in [4.69, 9.17) is 20.9 Å². The first-order chi connectivity index (χ1) is 10.6. The van der Waals surface area contributed by atoms with Gasteiger partial charge in [-0.3, -0.25) is 9.78 Å². The van der Waals surface area contributed by atoms with Crippen molar-refractivity contribution >= 4 is 34.2 Å². The minimum absolute atomic E-state index is 0.167. The summed E-state index contributed by atoms with van der Waals surface area (Å²) >= 11 is 6.11. The van der Waals surface area contributed by atoms with Crippen LogP contribution in [0.25, 0.3) is 10.9 Å². The van der Waals surface area contributed by atoms with Crippen molar-refractivity contribution in [2.24, 2.45) is 0 Å². The summed E-state index contributed by atoms with van der Waals surface area (Å²) in [4.78, 5) is 16.1. The molecule has 1 N–H and O–H groups in total. The zero-order valence-corrected chi connectivity index (χ0v) is 12.4. The molecule has 0 aliphatic rings. The molecule has 0 aliphatic carbocycles. The Morgan fingerprint density at radius 2 is 2.27 bits per heavy atom. The molecule has 0 spiro atoms. The number of hydrogen-bond acceptors (Lipinski definition) is 5. The Morgan fingerprint density at radius 1 is 1.41 bits per heavy atom. The molecule has 0 unspecified atom stereocenters. The Morgan fingerprint density at radius 3 is 3.05 bits per heavy atom. The van der Waals surface area contributed by atoms with E-state index in [1.54, 1.807) is 37.4 Å². The number of nitrogens with zero attached hydrogens (tertiary/aromatic N) is 2. The predicted octanol–water partition coefficient (Wildman–Crippen LogP) is 3.20. The quantitative estimate of drug-likeness (QED) is 0.799. The number of aryl methyl sites for hydroxylation is 1. The van der Waals surface area contributed by atoms with Gasteiger partial charge in [0.2, 0.25) is 0 Å². The smallest absolute Gasteiger partial charge is 0.263 e. The summed E-state index contributed by atoms with van der Waals surface area (Å²) in [5.41, 5.74) is 0.611. The van der Waals surface area contributed by atoms with Crippen LogP contribution in [0.1, 0.15) is 5.76 Å². The van der Waals surface area contributed by atoms with Gasteiger partial charge >= 0.3 is 0 Å². The van der Waals surface area contributed by atoms with E-state index in [0.717, 1.165) is 5.39 Å². The van der Waals surface area contributed by atoms with Gasteiger partial charge < -0.3 is 14.6 Å². The van der Waals surface area contributed by atoms with Crippen LogP contribution in [0.4, 0.5) is 5.82 Å². The molecule has 1 amide bonds. The number of anilines is 1. The lowest BCUT2D eigenvalue weighted by Crippen LogP contribution is -2.20. The number of carbonyl (C=O) groups is 1. The maximum Gasteiger partial charge on any atom is 0.263 e. The van der Waals surface area contributed by atoms with Crippen molar-refractivity contribution in [1.82, 2.24) is 10.1 Å². The number of carbonyl (C=O) groups excluding carboxylic acids is 1. The fourth-order valence-electron chi connectivity index (χ4n) is 1.98. The number of benzene rings is 1. The van der Waals surface area contributed by atoms with Crippen molar-refractivity contribution in [3.8, 4) is 5.75 Å². The van der Waals surface area contributed by atoms with Crippen molar-refractivity contribution < 1.29 is 14.1 Å². The van der Waals surface area contributed by atoms with Crippen LogP contribution >= 0.6 is 11.6 Å². The molecule has 6 nitrogen and oxygen atoms in total. The number of amides is 1. The van der Waals surface area contributed by atoms with E-state index in [2.05, 4.69) is 15.5 Å². The fourth-order valence-corrected chi connectivity index (χ4v) is 2.19. The monoisotopic (exact) mass is 317 g/mol. The first-order valence-electron chi connectivity index (χ1n) is 6.52. The topological polar surface area (TPSA) is 77.2 Å². The van der Waals surface area contributed by atoms with E-state index < -0.39 is 0 Å². The van der Waals surface area contributed by atoms with E-state index >= 15 is 0 Å². The van der Waals surface area contributed by atoms with Crippen molar-refractivity contribution in [2.75, 3.05) is 11.9 Å². The van der Waals surface area contributed by atoms with Crippen LogP contribution in [0.15, 0.2) is 41.1 Å². The SMILES string of the molecule is Cc1cc(NC(=O)COc2ccc(Cl)c3cccnc23)no1. The molecule has 7 heteroatoms. The van der Waals surface area contributed by atoms with Gasteiger partial charge in [0.25, 0.3) is 5.91 Å². The van der Waals surface area contributed by atoms with Crippen LogP contribution in [0.2, 0.25) is 5.02 Å². The molecule has 2 heterocycles. The average molecular weight is 318 g/mol. The third kappa shape index (κ3) is 3.01. The molecule has 3 aromatic rings. The van der Waals surface area contributed by atoms with Crippen molar-refractivity contribution in [3.63, 3.8) is 0 Å². The molecule has 0 radical (unpaired) electrons. The maximum atomic E-state index is 11.8. The Bertz CT molecular complexity index is 832. The highest BCUT2D eigenvalue weighted by atomic mass is 35.5. The van der Waals surface area contributed by atoms with Gasteiger partial charge in [-0.2, -0.15) is 0 Å². The number of pyridine rings is 1. The van der Waals surface area contributed by atoms with E-state index in [9.17, 15) is 4.79 Å². The maximum absolute atomic E-state index is 11.8. The normalized spacial score (nSPS) is 10.6. The summed E-state index contributed by atoms with van der Waals surface area (Å²) < 4.78 is 10.4. The van der Waals surface area contributed by atoms with Gasteiger partial charge in [0.1, 0.15) is 17.0 Å². The van der Waals surface area contributed by atoms with Gasteiger partial charge in [-0.05, 0) is 31.2 Å². The van der Waals surface area contributed by atoms with Crippen LogP contribution in [-0.2, 0) is 4.79 Å². The average Bonchev–Trinajstić information content (AvgIpc) is 2.92. The Kier molecular flexibility index (Phi) is 3.93. The van der Waals surface area contributed by atoms with Crippen LogP contribution in [0, 0.1) is 6.92 Å². The molecule has 0 atom stereocenters. The Balaban J connectivity index is 1.71. The van der Waals surface area contributed by atoms with Crippen LogP contribution in [-0.4, -0.2) is 22.7 Å². The molecule has 0 bridgehead atoms. The molecule has 2 aromatic heterocycles. The van der Waals surface area contributed by atoms with Crippen LogP contribution < -0.4 is 10.1 Å². The standard InChI is InChI=1S/C15H12ClN3O3/c1-9-7-13(19-22-9)18-14(20)8-21-12-5-4-11(16)10-3-2-6-17-15(10)12/h2-7H,8H2,1H3,(H,18,19,20). The van der Waals surface area contributed by atoms with E-state index in [-0.39, 0.29) is 12.5 Å². The van der Waals surface area contributed by atoms with E-state index in [1.165, 1.54) is 0 Å². The largest absolute Gasteiger partial charge is 0.481 e. The first-order valence-corrected chi connectivity index (χ1v) is 6.90. The summed E-state index contributed by atoms with van der Waals surface area (Å²) in [6, 6.07) is 8.65. The lowest BCUT2D eigenvalue weighted by molar-refractivity contribution is -0.118. The summed E-state index contributed by atoms with van der Waals surface area (Å²) in [7, 11) is 0. The molecule has 0 fully saturated rings. The highest BCUT2D eigenvalue weighted by molar-refractivity contribution is 6.35. The second-order valence-corrected chi connectivity index (χ2v) is 5.01. The third-order valence-electron chi connectivity index (χ3n) is 2.93. The number of nitrogens with one attached hydrogen (secondary N) is 1. The number of ether oxygens (including phenoxy) is 1. The Hall–Kier alpha value is -2.60. The summed E-state index contributed by atoms with van der Waals surface area (Å²) in [6.07, 6.45) is 1.64. The molecule has 1 aromatic carbocycles. The summed E-state index contributed by atoms with van der Waals surface area (Å²) in [6.45, 7) is 1.57. The number of rotatable bonds is 4. The highest BCUT2D eigenvalue weighted by Crippen LogP contribution is 2.29. The molecule has 112 valence electrons. The first kappa shape index (κ1) is 14.3. The van der Waals surface area contributed by atoms with E-state index in [1.807, 2.05) is 6.07 Å². The molecular weight excluding hydrogens is 306 g/mol. The van der Waals surface area contributed by atoms with Gasteiger partial charge in [-0.25, -0.2) is 0 Å². The predicted molar refractivity (Wildman–Crippen MR) is 82.1 cm³/mol. The van der Waals surface area contributed by atoms with Crippen molar-refractivity contribution in [1.29, 1.82) is 0 Å². The van der Waals surface area contributed by atoms with Gasteiger partial charge in [-0.15, -0.1) is 0 Å². The van der Waals surface area contributed by atoms with Crippen molar-refractivity contribution in [3.05, 3.63) is 47.3 Å². The zero-order valence-electron chi connectivity index (χ0n) is 11.7. The van der Waals surface area contributed by atoms with Gasteiger partial charge in [0, 0.05) is 17.6 Å². The molecule has 0 saturated carbocycles. The summed E-state index contributed by atoms with van der Waals surface area (Å²) in [5.74, 6) is 1.12. The van der Waals surface area contributed by atoms with Gasteiger partial charge in [0.15, 0.2) is 12.4 Å². The number of fused-ring (bicyclic) bond motifs is 1. The minimum Gasteiger partial charge on any atom is -0.481 e. The second kappa shape index (κ2) is 6.03. The fraction of sp³-hybridized carbons (Fsp3) is 0.133. The zero-order chi connectivity index (χ0) is 15.5. The minimum atomic E-state index is -0.340. The molecule has 22 heavy (non-hydrogen) atoms. The van der Waals surface area contributed by atoms with Crippen molar-refractivity contribution in [2.45, 2.75) is 6.92 Å². The number of hydrogen-bond donors (Lipinski definition) is 1. The lowest BCUT2D eigenvalue weighted by Gasteiger charge is -2.09. The van der Waals surface area contributed by atoms with Gasteiger partial charge in [-0.1, -0.05) is 16.8 Å².